The van der Waals surface area contributed by atoms with Crippen molar-refractivity contribution in [3.8, 4) is 0 Å². The van der Waals surface area contributed by atoms with Crippen molar-refractivity contribution in [2.75, 3.05) is 5.32 Å². The van der Waals surface area contributed by atoms with Crippen LogP contribution in [0.4, 0.5) is 19.0 Å². The van der Waals surface area contributed by atoms with Crippen LogP contribution in [0.25, 0.3) is 10.2 Å². The van der Waals surface area contributed by atoms with E-state index in [1.807, 2.05) is 13.8 Å². The van der Waals surface area contributed by atoms with E-state index in [1.54, 1.807) is 11.3 Å². The van der Waals surface area contributed by atoms with Crippen LogP contribution in [-0.4, -0.2) is 25.1 Å². The van der Waals surface area contributed by atoms with Crippen LogP contribution in [0.3, 0.4) is 0 Å². The topological polar surface area (TPSA) is 79.4 Å². The minimum Gasteiger partial charge on any atom is -0.362 e. The van der Waals surface area contributed by atoms with Crippen molar-refractivity contribution in [1.29, 1.82) is 0 Å². The van der Waals surface area contributed by atoms with E-state index in [0.29, 0.717) is 5.82 Å². The van der Waals surface area contributed by atoms with E-state index in [4.69, 9.17) is 0 Å². The highest BCUT2D eigenvalue weighted by Crippen LogP contribution is 2.32. The molecule has 3 aromatic rings. The van der Waals surface area contributed by atoms with Crippen LogP contribution < -0.4 is 5.32 Å². The van der Waals surface area contributed by atoms with Crippen LogP contribution >= 0.6 is 11.3 Å². The first kappa shape index (κ1) is 14.7. The molecule has 0 saturated heterocycles. The maximum absolute atomic E-state index is 12.4. The summed E-state index contributed by atoms with van der Waals surface area (Å²) in [5, 5.41) is 9.27. The summed E-state index contributed by atoms with van der Waals surface area (Å²) in [7, 11) is 0. The molecule has 10 heteroatoms. The number of halogens is 3. The lowest BCUT2D eigenvalue weighted by molar-refractivity contribution is -0.144. The number of anilines is 1. The monoisotopic (exact) mass is 328 g/mol. The molecule has 0 radical (unpaired) electrons. The third-order valence-electron chi connectivity index (χ3n) is 3.17. The van der Waals surface area contributed by atoms with E-state index in [1.165, 1.54) is 6.33 Å². The first-order valence-corrected chi connectivity index (χ1v) is 7.11. The van der Waals surface area contributed by atoms with Gasteiger partial charge in [0.15, 0.2) is 0 Å². The molecule has 0 unspecified atom stereocenters. The maximum atomic E-state index is 12.4. The maximum Gasteiger partial charge on any atom is 0.453 e. The largest absolute Gasteiger partial charge is 0.453 e. The smallest absolute Gasteiger partial charge is 0.362 e. The van der Waals surface area contributed by atoms with Gasteiger partial charge in [0.25, 0.3) is 5.82 Å². The second-order valence-electron chi connectivity index (χ2n) is 4.64. The molecule has 0 atom stereocenters. The normalized spacial score (nSPS) is 12.0. The van der Waals surface area contributed by atoms with E-state index in [9.17, 15) is 13.2 Å². The molecule has 0 aliphatic rings. The SMILES string of the molecule is Cc1sc2ncnc(NCc3nc(C(F)(F)F)n[nH]3)c2c1C. The summed E-state index contributed by atoms with van der Waals surface area (Å²) in [5.74, 6) is -0.528. The number of rotatable bonds is 3. The number of aromatic nitrogens is 5. The molecule has 0 aliphatic heterocycles. The number of nitrogens with zero attached hydrogens (tertiary/aromatic N) is 4. The van der Waals surface area contributed by atoms with E-state index in [-0.39, 0.29) is 12.4 Å². The summed E-state index contributed by atoms with van der Waals surface area (Å²) in [6.07, 6.45) is -3.14. The lowest BCUT2D eigenvalue weighted by atomic mass is 10.2. The van der Waals surface area contributed by atoms with Gasteiger partial charge in [0.05, 0.1) is 11.9 Å². The molecular formula is C12H11F3N6S. The summed E-state index contributed by atoms with van der Waals surface area (Å²) >= 11 is 1.55. The highest BCUT2D eigenvalue weighted by molar-refractivity contribution is 7.18. The zero-order valence-electron chi connectivity index (χ0n) is 11.6. The minimum absolute atomic E-state index is 0.0591. The van der Waals surface area contributed by atoms with Gasteiger partial charge in [0.1, 0.15) is 22.8 Å². The van der Waals surface area contributed by atoms with E-state index in [0.717, 1.165) is 20.7 Å². The van der Waals surface area contributed by atoms with Gasteiger partial charge in [-0.3, -0.25) is 5.10 Å². The quantitative estimate of drug-likeness (QED) is 0.772. The van der Waals surface area contributed by atoms with Crippen molar-refractivity contribution < 1.29 is 13.2 Å². The Bertz CT molecular complexity index is 822. The van der Waals surface area contributed by atoms with Crippen molar-refractivity contribution >= 4 is 27.4 Å². The molecular weight excluding hydrogens is 317 g/mol. The lowest BCUT2D eigenvalue weighted by Gasteiger charge is -2.05. The number of aromatic amines is 1. The molecule has 0 spiro atoms. The van der Waals surface area contributed by atoms with Crippen LogP contribution in [0.5, 0.6) is 0 Å². The number of alkyl halides is 3. The van der Waals surface area contributed by atoms with Crippen LogP contribution in [0.1, 0.15) is 22.1 Å². The number of hydrogen-bond acceptors (Lipinski definition) is 6. The molecule has 2 N–H and O–H groups in total. The van der Waals surface area contributed by atoms with Crippen molar-refractivity contribution in [1.82, 2.24) is 25.1 Å². The van der Waals surface area contributed by atoms with Gasteiger partial charge in [-0.2, -0.15) is 13.2 Å². The second kappa shape index (κ2) is 5.20. The van der Waals surface area contributed by atoms with Gasteiger partial charge >= 0.3 is 6.18 Å². The molecule has 0 amide bonds. The van der Waals surface area contributed by atoms with Crippen molar-refractivity contribution in [2.24, 2.45) is 0 Å². The van der Waals surface area contributed by atoms with Gasteiger partial charge in [0.2, 0.25) is 0 Å². The molecule has 0 fully saturated rings. The molecule has 0 aliphatic carbocycles. The fraction of sp³-hybridized carbons (Fsp3) is 0.333. The van der Waals surface area contributed by atoms with Crippen LogP contribution in [-0.2, 0) is 12.7 Å². The minimum atomic E-state index is -4.56. The molecule has 0 aromatic carbocycles. The number of aryl methyl sites for hydroxylation is 2. The number of hydrogen-bond donors (Lipinski definition) is 2. The third kappa shape index (κ3) is 2.61. The van der Waals surface area contributed by atoms with Crippen molar-refractivity contribution in [3.05, 3.63) is 28.4 Å². The summed E-state index contributed by atoms with van der Waals surface area (Å²) in [6, 6.07) is 0. The highest BCUT2D eigenvalue weighted by Gasteiger charge is 2.35. The van der Waals surface area contributed by atoms with Gasteiger partial charge in [-0.1, -0.05) is 0 Å². The van der Waals surface area contributed by atoms with E-state index >= 15 is 0 Å². The fourth-order valence-corrected chi connectivity index (χ4v) is 2.98. The molecule has 3 heterocycles. The third-order valence-corrected chi connectivity index (χ3v) is 4.29. The van der Waals surface area contributed by atoms with Gasteiger partial charge in [-0.25, -0.2) is 15.0 Å². The van der Waals surface area contributed by atoms with Gasteiger partial charge in [-0.15, -0.1) is 16.4 Å². The summed E-state index contributed by atoms with van der Waals surface area (Å²) in [5.41, 5.74) is 1.05. The molecule has 0 saturated carbocycles. The van der Waals surface area contributed by atoms with E-state index < -0.39 is 12.0 Å². The summed E-state index contributed by atoms with van der Waals surface area (Å²) < 4.78 is 37.3. The Morgan fingerprint density at radius 1 is 1.27 bits per heavy atom. The Balaban J connectivity index is 1.84. The lowest BCUT2D eigenvalue weighted by Crippen LogP contribution is -2.08. The average Bonchev–Trinajstić information content (AvgIpc) is 3.03. The second-order valence-corrected chi connectivity index (χ2v) is 5.85. The number of fused-ring (bicyclic) bond motifs is 1. The zero-order valence-corrected chi connectivity index (χ0v) is 12.4. The average molecular weight is 328 g/mol. The molecule has 3 aromatic heterocycles. The summed E-state index contributed by atoms with van der Waals surface area (Å²) in [4.78, 5) is 13.7. The van der Waals surface area contributed by atoms with Gasteiger partial charge in [-0.05, 0) is 19.4 Å². The predicted molar refractivity (Wildman–Crippen MR) is 75.6 cm³/mol. The number of nitrogens with one attached hydrogen (secondary N) is 2. The Morgan fingerprint density at radius 3 is 2.73 bits per heavy atom. The molecule has 0 bridgehead atoms. The number of thiophene rings is 1. The standard InChI is InChI=1S/C12H11F3N6S/c1-5-6(2)22-10-8(5)9(17-4-18-10)16-3-7-19-11(21-20-7)12(13,14)15/h4H,3H2,1-2H3,(H,16,17,18)(H,19,20,21). The van der Waals surface area contributed by atoms with Crippen molar-refractivity contribution in [2.45, 2.75) is 26.6 Å². The first-order chi connectivity index (χ1) is 10.4. The van der Waals surface area contributed by atoms with Crippen LogP contribution in [0.15, 0.2) is 6.33 Å². The van der Waals surface area contributed by atoms with Crippen molar-refractivity contribution in [3.63, 3.8) is 0 Å². The Morgan fingerprint density at radius 2 is 2.05 bits per heavy atom. The Kier molecular flexibility index (Phi) is 3.47. The van der Waals surface area contributed by atoms with Gasteiger partial charge < -0.3 is 5.32 Å². The zero-order chi connectivity index (χ0) is 15.9. The molecule has 3 rings (SSSR count). The predicted octanol–water partition coefficient (Wildman–Crippen LogP) is 3.06. The molecule has 22 heavy (non-hydrogen) atoms. The van der Waals surface area contributed by atoms with Crippen LogP contribution in [0, 0.1) is 13.8 Å². The van der Waals surface area contributed by atoms with E-state index in [2.05, 4.69) is 30.5 Å². The van der Waals surface area contributed by atoms with Crippen LogP contribution in [0.2, 0.25) is 0 Å². The highest BCUT2D eigenvalue weighted by atomic mass is 32.1. The number of H-pyrrole nitrogens is 1. The summed E-state index contributed by atoms with van der Waals surface area (Å²) in [6.45, 7) is 4.00. The molecule has 6 nitrogen and oxygen atoms in total. The molecule has 116 valence electrons. The Labute approximate surface area is 126 Å². The Hall–Kier alpha value is -2.23. The first-order valence-electron chi connectivity index (χ1n) is 6.29. The van der Waals surface area contributed by atoms with Gasteiger partial charge in [0, 0.05) is 4.88 Å². The fourth-order valence-electron chi connectivity index (χ4n) is 1.99.